The van der Waals surface area contributed by atoms with E-state index in [-0.39, 0.29) is 0 Å². The Hall–Kier alpha value is 0.310. The quantitative estimate of drug-likeness (QED) is 0.541. The molecule has 1 saturated carbocycles. The minimum Gasteiger partial charge on any atom is -0.378 e. The van der Waals surface area contributed by atoms with E-state index < -0.39 is 0 Å². The monoisotopic (exact) mass is 244 g/mol. The third-order valence-electron chi connectivity index (χ3n) is 3.50. The molecule has 16 heavy (non-hydrogen) atoms. The van der Waals surface area contributed by atoms with Crippen LogP contribution >= 0.6 is 12.6 Å². The van der Waals surface area contributed by atoms with Crippen molar-refractivity contribution in [2.75, 3.05) is 12.4 Å². The normalized spacial score (nSPS) is 29.2. The molecule has 1 aliphatic rings. The molecule has 0 saturated heterocycles. The fourth-order valence-electron chi connectivity index (χ4n) is 3.03. The van der Waals surface area contributed by atoms with Crippen molar-refractivity contribution in [3.8, 4) is 0 Å². The average molecular weight is 244 g/mol. The van der Waals surface area contributed by atoms with Gasteiger partial charge >= 0.3 is 0 Å². The van der Waals surface area contributed by atoms with Crippen LogP contribution in [0.4, 0.5) is 0 Å². The van der Waals surface area contributed by atoms with Gasteiger partial charge in [0.2, 0.25) is 0 Å². The molecule has 2 atom stereocenters. The summed E-state index contributed by atoms with van der Waals surface area (Å²) in [6.07, 6.45) is 8.04. The van der Waals surface area contributed by atoms with Crippen molar-refractivity contribution < 1.29 is 4.74 Å². The van der Waals surface area contributed by atoms with Crippen LogP contribution in [-0.4, -0.2) is 18.5 Å². The number of rotatable bonds is 6. The Bertz CT molecular complexity index is 191. The van der Waals surface area contributed by atoms with Gasteiger partial charge in [-0.3, -0.25) is 0 Å². The van der Waals surface area contributed by atoms with Crippen molar-refractivity contribution in [1.82, 2.24) is 0 Å². The standard InChI is InChI=1S/C14H28OS/c1-12-9-13(11-14(2,3)10-12)15-7-5-4-6-8-16/h12-13,16H,4-11H2,1-3H3. The second-order valence-electron chi connectivity index (χ2n) is 6.19. The molecule has 0 heterocycles. The predicted octanol–water partition coefficient (Wildman–Crippen LogP) is 4.32. The van der Waals surface area contributed by atoms with E-state index in [1.54, 1.807) is 0 Å². The lowest BCUT2D eigenvalue weighted by Crippen LogP contribution is -2.32. The first-order valence-corrected chi connectivity index (χ1v) is 7.39. The highest BCUT2D eigenvalue weighted by Crippen LogP contribution is 2.39. The Kier molecular flexibility index (Phi) is 6.20. The summed E-state index contributed by atoms with van der Waals surface area (Å²) in [5, 5.41) is 0. The van der Waals surface area contributed by atoms with Crippen LogP contribution in [0.2, 0.25) is 0 Å². The largest absolute Gasteiger partial charge is 0.378 e. The Balaban J connectivity index is 2.16. The highest BCUT2D eigenvalue weighted by molar-refractivity contribution is 7.80. The number of thiol groups is 1. The molecular weight excluding hydrogens is 216 g/mol. The Morgan fingerprint density at radius 1 is 1.19 bits per heavy atom. The van der Waals surface area contributed by atoms with Gasteiger partial charge in [0.15, 0.2) is 0 Å². The van der Waals surface area contributed by atoms with E-state index in [9.17, 15) is 0 Å². The molecular formula is C14H28OS. The van der Waals surface area contributed by atoms with Gasteiger partial charge in [-0.05, 0) is 49.2 Å². The van der Waals surface area contributed by atoms with Gasteiger partial charge in [-0.2, -0.15) is 12.6 Å². The molecule has 0 bridgehead atoms. The summed E-state index contributed by atoms with van der Waals surface area (Å²) in [6.45, 7) is 8.05. The van der Waals surface area contributed by atoms with Crippen LogP contribution in [0.25, 0.3) is 0 Å². The molecule has 1 aliphatic carbocycles. The SMILES string of the molecule is CC1CC(OCCCCCS)CC(C)(C)C1. The van der Waals surface area contributed by atoms with E-state index in [4.69, 9.17) is 4.74 Å². The van der Waals surface area contributed by atoms with Crippen molar-refractivity contribution in [3.63, 3.8) is 0 Å². The van der Waals surface area contributed by atoms with Gasteiger partial charge < -0.3 is 4.74 Å². The summed E-state index contributed by atoms with van der Waals surface area (Å²) >= 11 is 4.22. The molecule has 2 unspecified atom stereocenters. The lowest BCUT2D eigenvalue weighted by Gasteiger charge is -2.38. The molecule has 0 N–H and O–H groups in total. The molecule has 0 amide bonds. The Labute approximate surface area is 107 Å². The van der Waals surface area contributed by atoms with Gasteiger partial charge in [-0.25, -0.2) is 0 Å². The van der Waals surface area contributed by atoms with Crippen molar-refractivity contribution in [1.29, 1.82) is 0 Å². The first-order valence-electron chi connectivity index (χ1n) is 6.76. The van der Waals surface area contributed by atoms with Crippen molar-refractivity contribution >= 4 is 12.6 Å². The summed E-state index contributed by atoms with van der Waals surface area (Å²) < 4.78 is 6.01. The van der Waals surface area contributed by atoms with E-state index in [2.05, 4.69) is 33.4 Å². The first-order chi connectivity index (χ1) is 7.53. The number of hydrogen-bond acceptors (Lipinski definition) is 2. The molecule has 1 rings (SSSR count). The van der Waals surface area contributed by atoms with Crippen molar-refractivity contribution in [3.05, 3.63) is 0 Å². The van der Waals surface area contributed by atoms with E-state index in [0.29, 0.717) is 11.5 Å². The zero-order valence-corrected chi connectivity index (χ0v) is 12.1. The molecule has 0 spiro atoms. The van der Waals surface area contributed by atoms with Crippen LogP contribution in [0.5, 0.6) is 0 Å². The zero-order chi connectivity index (χ0) is 12.0. The highest BCUT2D eigenvalue weighted by atomic mass is 32.1. The first kappa shape index (κ1) is 14.4. The van der Waals surface area contributed by atoms with Crippen molar-refractivity contribution in [2.45, 2.75) is 65.4 Å². The van der Waals surface area contributed by atoms with Gasteiger partial charge in [0, 0.05) is 6.61 Å². The van der Waals surface area contributed by atoms with Gasteiger partial charge in [0.1, 0.15) is 0 Å². The Morgan fingerprint density at radius 2 is 1.94 bits per heavy atom. The maximum Gasteiger partial charge on any atom is 0.0582 e. The minimum absolute atomic E-state index is 0.480. The highest BCUT2D eigenvalue weighted by Gasteiger charge is 2.32. The number of ether oxygens (including phenoxy) is 1. The van der Waals surface area contributed by atoms with Gasteiger partial charge in [-0.15, -0.1) is 0 Å². The predicted molar refractivity (Wildman–Crippen MR) is 74.2 cm³/mol. The topological polar surface area (TPSA) is 9.23 Å². The van der Waals surface area contributed by atoms with E-state index in [1.165, 1.54) is 38.5 Å². The molecule has 0 aromatic rings. The molecule has 0 aromatic carbocycles. The fourth-order valence-corrected chi connectivity index (χ4v) is 3.25. The maximum atomic E-state index is 6.01. The Morgan fingerprint density at radius 3 is 2.56 bits per heavy atom. The van der Waals surface area contributed by atoms with E-state index >= 15 is 0 Å². The number of unbranched alkanes of at least 4 members (excludes halogenated alkanes) is 2. The number of hydrogen-bond donors (Lipinski definition) is 1. The second-order valence-corrected chi connectivity index (χ2v) is 6.64. The smallest absolute Gasteiger partial charge is 0.0582 e. The summed E-state index contributed by atoms with van der Waals surface area (Å²) in [5.74, 6) is 1.83. The summed E-state index contributed by atoms with van der Waals surface area (Å²) in [4.78, 5) is 0. The lowest BCUT2D eigenvalue weighted by atomic mass is 9.71. The fraction of sp³-hybridized carbons (Fsp3) is 1.00. The molecule has 96 valence electrons. The summed E-state index contributed by atoms with van der Waals surface area (Å²) in [6, 6.07) is 0. The van der Waals surface area contributed by atoms with Crippen molar-refractivity contribution in [2.24, 2.45) is 11.3 Å². The second kappa shape index (κ2) is 6.90. The maximum absolute atomic E-state index is 6.01. The van der Waals surface area contributed by atoms with Gasteiger partial charge in [0.25, 0.3) is 0 Å². The molecule has 1 fully saturated rings. The van der Waals surface area contributed by atoms with Gasteiger partial charge in [0.05, 0.1) is 6.10 Å². The average Bonchev–Trinajstić information content (AvgIpc) is 2.14. The van der Waals surface area contributed by atoms with Crippen LogP contribution in [0.15, 0.2) is 0 Å². The summed E-state index contributed by atoms with van der Waals surface area (Å²) in [5.41, 5.74) is 0.480. The molecule has 0 aliphatic heterocycles. The third kappa shape index (κ3) is 5.58. The molecule has 0 radical (unpaired) electrons. The van der Waals surface area contributed by atoms with Crippen LogP contribution in [-0.2, 0) is 4.74 Å². The minimum atomic E-state index is 0.480. The van der Waals surface area contributed by atoms with Crippen LogP contribution in [0.1, 0.15) is 59.3 Å². The molecule has 1 nitrogen and oxygen atoms in total. The van der Waals surface area contributed by atoms with E-state index in [1.807, 2.05) is 0 Å². The van der Waals surface area contributed by atoms with Crippen LogP contribution < -0.4 is 0 Å². The lowest BCUT2D eigenvalue weighted by molar-refractivity contribution is -0.0239. The van der Waals surface area contributed by atoms with Gasteiger partial charge in [-0.1, -0.05) is 27.2 Å². The van der Waals surface area contributed by atoms with Crippen LogP contribution in [0, 0.1) is 11.3 Å². The van der Waals surface area contributed by atoms with Crippen LogP contribution in [0.3, 0.4) is 0 Å². The zero-order valence-electron chi connectivity index (χ0n) is 11.2. The summed E-state index contributed by atoms with van der Waals surface area (Å²) in [7, 11) is 0. The van der Waals surface area contributed by atoms with E-state index in [0.717, 1.165) is 18.3 Å². The third-order valence-corrected chi connectivity index (χ3v) is 3.82. The molecule has 0 aromatic heterocycles. The molecule has 2 heteroatoms.